The lowest BCUT2D eigenvalue weighted by Crippen LogP contribution is -2.36. The Morgan fingerprint density at radius 3 is 2.59 bits per heavy atom. The molecule has 6 nitrogen and oxygen atoms in total. The first-order valence-electron chi connectivity index (χ1n) is 7.63. The van der Waals surface area contributed by atoms with E-state index in [2.05, 4.69) is 21.2 Å². The van der Waals surface area contributed by atoms with E-state index in [0.717, 1.165) is 21.1 Å². The fourth-order valence-electron chi connectivity index (χ4n) is 2.28. The van der Waals surface area contributed by atoms with Crippen molar-refractivity contribution in [3.63, 3.8) is 0 Å². The molecule has 1 saturated heterocycles. The van der Waals surface area contributed by atoms with Gasteiger partial charge in [0.15, 0.2) is 0 Å². The molecule has 1 aliphatic rings. The van der Waals surface area contributed by atoms with Crippen LogP contribution in [-0.2, 0) is 9.59 Å². The molecule has 0 radical (unpaired) electrons. The number of hydrogen-bond acceptors (Lipinski definition) is 5. The van der Waals surface area contributed by atoms with Crippen LogP contribution in [-0.4, -0.2) is 33.6 Å². The molecular weight excluding hydrogens is 456 g/mol. The number of nitrogens with one attached hydrogen (secondary N) is 1. The number of imide groups is 1. The highest BCUT2D eigenvalue weighted by atomic mass is 79.9. The molecule has 2 aromatic carbocycles. The van der Waals surface area contributed by atoms with E-state index in [4.69, 9.17) is 11.6 Å². The van der Waals surface area contributed by atoms with Crippen molar-refractivity contribution in [3.05, 3.63) is 62.4 Å². The Balaban J connectivity index is 1.70. The number of carbonyl (C=O) groups excluding carboxylic acids is 3. The summed E-state index contributed by atoms with van der Waals surface area (Å²) in [7, 11) is 0. The molecule has 0 aliphatic carbocycles. The summed E-state index contributed by atoms with van der Waals surface area (Å²) >= 11 is 9.89. The minimum absolute atomic E-state index is 0.0773. The summed E-state index contributed by atoms with van der Waals surface area (Å²) in [4.78, 5) is 37.8. The van der Waals surface area contributed by atoms with Gasteiger partial charge in [-0.15, -0.1) is 0 Å². The first-order chi connectivity index (χ1) is 12.8. The summed E-state index contributed by atoms with van der Waals surface area (Å²) in [6.07, 6.45) is 1.49. The molecule has 1 aliphatic heterocycles. The Morgan fingerprint density at radius 1 is 1.22 bits per heavy atom. The van der Waals surface area contributed by atoms with Crippen LogP contribution in [0.3, 0.4) is 0 Å². The number of phenolic OH excluding ortho intramolecular Hbond substituents is 1. The van der Waals surface area contributed by atoms with Crippen molar-refractivity contribution in [1.29, 1.82) is 0 Å². The van der Waals surface area contributed by atoms with Crippen LogP contribution in [0.25, 0.3) is 6.08 Å². The highest BCUT2D eigenvalue weighted by Crippen LogP contribution is 2.33. The van der Waals surface area contributed by atoms with E-state index in [9.17, 15) is 19.5 Å². The Labute approximate surface area is 172 Å². The van der Waals surface area contributed by atoms with Gasteiger partial charge in [0.1, 0.15) is 12.3 Å². The number of halogens is 2. The number of benzene rings is 2. The number of hydrogen-bond donors (Lipinski definition) is 2. The summed E-state index contributed by atoms with van der Waals surface area (Å²) in [5.74, 6) is -1.11. The Hall–Kier alpha value is -2.29. The van der Waals surface area contributed by atoms with Crippen molar-refractivity contribution < 1.29 is 19.5 Å². The lowest BCUT2D eigenvalue weighted by Gasteiger charge is -2.12. The lowest BCUT2D eigenvalue weighted by atomic mass is 10.2. The van der Waals surface area contributed by atoms with Gasteiger partial charge in [-0.1, -0.05) is 33.6 Å². The van der Waals surface area contributed by atoms with Crippen molar-refractivity contribution in [3.8, 4) is 5.75 Å². The molecule has 3 amide bonds. The first-order valence-corrected chi connectivity index (χ1v) is 9.61. The van der Waals surface area contributed by atoms with Crippen molar-refractivity contribution in [2.24, 2.45) is 0 Å². The normalized spacial score (nSPS) is 15.5. The van der Waals surface area contributed by atoms with Crippen LogP contribution < -0.4 is 5.32 Å². The number of carbonyl (C=O) groups is 3. The van der Waals surface area contributed by atoms with E-state index in [1.54, 1.807) is 30.3 Å². The van der Waals surface area contributed by atoms with Gasteiger partial charge in [0, 0.05) is 10.2 Å². The van der Waals surface area contributed by atoms with Gasteiger partial charge in [-0.25, -0.2) is 0 Å². The number of amides is 3. The van der Waals surface area contributed by atoms with Crippen LogP contribution in [0, 0.1) is 0 Å². The smallest absolute Gasteiger partial charge is 0.294 e. The maximum absolute atomic E-state index is 12.5. The first kappa shape index (κ1) is 19.5. The number of nitrogens with zero attached hydrogens (tertiary/aromatic N) is 1. The molecule has 0 spiro atoms. The quantitative estimate of drug-likeness (QED) is 0.647. The lowest BCUT2D eigenvalue weighted by molar-refractivity contribution is -0.127. The molecule has 1 fully saturated rings. The molecule has 0 unspecified atom stereocenters. The fourth-order valence-corrected chi connectivity index (χ4v) is 3.57. The third-order valence-corrected chi connectivity index (χ3v) is 5.31. The zero-order chi connectivity index (χ0) is 19.6. The van der Waals surface area contributed by atoms with Crippen LogP contribution in [0.1, 0.15) is 5.56 Å². The Bertz CT molecular complexity index is 962. The number of aromatic hydroxyl groups is 1. The molecule has 138 valence electrons. The average molecular weight is 468 g/mol. The molecule has 2 N–H and O–H groups in total. The second-order valence-corrected chi connectivity index (χ2v) is 7.85. The molecule has 2 aromatic rings. The highest BCUT2D eigenvalue weighted by Gasteiger charge is 2.36. The SMILES string of the molecule is O=C(CN1C(=O)S/C(=C/c2ccc(O)c(Cl)c2)C1=O)Nc1ccc(Br)cc1. The van der Waals surface area contributed by atoms with Crippen molar-refractivity contribution in [2.45, 2.75) is 0 Å². The maximum atomic E-state index is 12.5. The standard InChI is InChI=1S/C18H12BrClN2O4S/c19-11-2-4-12(5-3-11)21-16(24)9-22-17(25)15(27-18(22)26)8-10-1-6-14(23)13(20)7-10/h1-8,23H,9H2,(H,21,24)/b15-8+. The highest BCUT2D eigenvalue weighted by molar-refractivity contribution is 9.10. The van der Waals surface area contributed by atoms with Gasteiger partial charge in [0.25, 0.3) is 11.1 Å². The molecule has 3 rings (SSSR count). The van der Waals surface area contributed by atoms with Crippen LogP contribution in [0.4, 0.5) is 10.5 Å². The molecule has 27 heavy (non-hydrogen) atoms. The van der Waals surface area contributed by atoms with Crippen LogP contribution >= 0.6 is 39.3 Å². The Kier molecular flexibility index (Phi) is 5.88. The zero-order valence-corrected chi connectivity index (χ0v) is 16.8. The monoisotopic (exact) mass is 466 g/mol. The molecule has 0 bridgehead atoms. The number of phenols is 1. The molecule has 0 atom stereocenters. The molecule has 0 aromatic heterocycles. The maximum Gasteiger partial charge on any atom is 0.294 e. The van der Waals surface area contributed by atoms with Gasteiger partial charge in [-0.05, 0) is 59.8 Å². The fraction of sp³-hybridized carbons (Fsp3) is 0.0556. The van der Waals surface area contributed by atoms with E-state index in [1.807, 2.05) is 0 Å². The topological polar surface area (TPSA) is 86.7 Å². The second kappa shape index (κ2) is 8.16. The van der Waals surface area contributed by atoms with E-state index < -0.39 is 17.1 Å². The Morgan fingerprint density at radius 2 is 1.93 bits per heavy atom. The average Bonchev–Trinajstić information content (AvgIpc) is 2.87. The molecule has 0 saturated carbocycles. The third-order valence-electron chi connectivity index (χ3n) is 3.57. The number of rotatable bonds is 4. The van der Waals surface area contributed by atoms with Gasteiger partial charge >= 0.3 is 0 Å². The van der Waals surface area contributed by atoms with E-state index in [-0.39, 0.29) is 22.2 Å². The number of thioether (sulfide) groups is 1. The van der Waals surface area contributed by atoms with Crippen molar-refractivity contribution in [2.75, 3.05) is 11.9 Å². The van der Waals surface area contributed by atoms with Gasteiger partial charge in [-0.3, -0.25) is 19.3 Å². The van der Waals surface area contributed by atoms with Gasteiger partial charge in [0.05, 0.1) is 9.93 Å². The zero-order valence-electron chi connectivity index (χ0n) is 13.6. The van der Waals surface area contributed by atoms with E-state index in [0.29, 0.717) is 11.3 Å². The van der Waals surface area contributed by atoms with Crippen molar-refractivity contribution >= 4 is 68.1 Å². The van der Waals surface area contributed by atoms with Crippen molar-refractivity contribution in [1.82, 2.24) is 4.90 Å². The summed E-state index contributed by atoms with van der Waals surface area (Å²) in [6, 6.07) is 11.4. The van der Waals surface area contributed by atoms with E-state index >= 15 is 0 Å². The predicted molar refractivity (Wildman–Crippen MR) is 109 cm³/mol. The largest absolute Gasteiger partial charge is 0.506 e. The summed E-state index contributed by atoms with van der Waals surface area (Å²) in [6.45, 7) is -0.381. The predicted octanol–water partition coefficient (Wildman–Crippen LogP) is 4.48. The van der Waals surface area contributed by atoms with Crippen LogP contribution in [0.15, 0.2) is 51.8 Å². The van der Waals surface area contributed by atoms with Crippen LogP contribution in [0.2, 0.25) is 5.02 Å². The van der Waals surface area contributed by atoms with Crippen LogP contribution in [0.5, 0.6) is 5.75 Å². The minimum Gasteiger partial charge on any atom is -0.506 e. The van der Waals surface area contributed by atoms with Gasteiger partial charge in [0.2, 0.25) is 5.91 Å². The number of anilines is 1. The summed E-state index contributed by atoms with van der Waals surface area (Å²) in [5.41, 5.74) is 1.12. The minimum atomic E-state index is -0.555. The van der Waals surface area contributed by atoms with E-state index in [1.165, 1.54) is 18.2 Å². The molecular formula is C18H12BrClN2O4S. The summed E-state index contributed by atoms with van der Waals surface area (Å²) in [5, 5.41) is 11.7. The van der Waals surface area contributed by atoms with Gasteiger partial charge in [-0.2, -0.15) is 0 Å². The molecule has 9 heteroatoms. The second-order valence-electron chi connectivity index (χ2n) is 5.53. The van der Waals surface area contributed by atoms with Gasteiger partial charge < -0.3 is 10.4 Å². The third kappa shape index (κ3) is 4.71. The summed E-state index contributed by atoms with van der Waals surface area (Å²) < 4.78 is 0.867. The molecule has 1 heterocycles.